The molecule has 31 heavy (non-hydrogen) atoms. The molecule has 0 unspecified atom stereocenters. The summed E-state index contributed by atoms with van der Waals surface area (Å²) in [5.41, 5.74) is 0.677. The van der Waals surface area contributed by atoms with Gasteiger partial charge in [0.15, 0.2) is 0 Å². The summed E-state index contributed by atoms with van der Waals surface area (Å²) in [6.07, 6.45) is 1.42. The van der Waals surface area contributed by atoms with Crippen molar-refractivity contribution in [1.82, 2.24) is 15.1 Å². The van der Waals surface area contributed by atoms with Crippen molar-refractivity contribution >= 4 is 46.3 Å². The molecule has 4 rings (SSSR count). The minimum atomic E-state index is -0.573. The smallest absolute Gasteiger partial charge is 0.320 e. The van der Waals surface area contributed by atoms with E-state index in [1.54, 1.807) is 11.0 Å². The Kier molecular flexibility index (Phi) is 6.10. The van der Waals surface area contributed by atoms with E-state index in [2.05, 4.69) is 20.8 Å². The van der Waals surface area contributed by atoms with Crippen molar-refractivity contribution in [2.75, 3.05) is 17.2 Å². The van der Waals surface area contributed by atoms with E-state index in [-0.39, 0.29) is 22.1 Å². The van der Waals surface area contributed by atoms with Gasteiger partial charge in [-0.05, 0) is 49.2 Å². The fourth-order valence-corrected chi connectivity index (χ4v) is 4.31. The molecule has 0 bridgehead atoms. The number of halogens is 3. The van der Waals surface area contributed by atoms with Gasteiger partial charge in [0, 0.05) is 17.9 Å². The summed E-state index contributed by atoms with van der Waals surface area (Å²) in [7, 11) is 0. The molecule has 2 aromatic carbocycles. The molecule has 2 N–H and O–H groups in total. The van der Waals surface area contributed by atoms with Gasteiger partial charge in [0.25, 0.3) is 5.91 Å². The van der Waals surface area contributed by atoms with Crippen molar-refractivity contribution < 1.29 is 18.4 Å². The second-order valence-electron chi connectivity index (χ2n) is 6.82. The highest BCUT2D eigenvalue weighted by Gasteiger charge is 2.33. The molecule has 3 amide bonds. The summed E-state index contributed by atoms with van der Waals surface area (Å²) < 4.78 is 26.6. The first-order valence-corrected chi connectivity index (χ1v) is 10.5. The fourth-order valence-electron chi connectivity index (χ4n) is 3.25. The molecule has 1 atom stereocenters. The molecule has 11 heteroatoms. The lowest BCUT2D eigenvalue weighted by atomic mass is 10.2. The number of aromatic nitrogens is 2. The highest BCUT2D eigenvalue weighted by Crippen LogP contribution is 2.34. The van der Waals surface area contributed by atoms with Crippen LogP contribution in [0.5, 0.6) is 0 Å². The van der Waals surface area contributed by atoms with Gasteiger partial charge in [0.2, 0.25) is 5.01 Å². The lowest BCUT2D eigenvalue weighted by Crippen LogP contribution is -2.34. The molecule has 2 heterocycles. The number of carbonyl (C=O) groups is 2. The summed E-state index contributed by atoms with van der Waals surface area (Å²) in [6.45, 7) is 0.496. The zero-order valence-corrected chi connectivity index (χ0v) is 17.5. The van der Waals surface area contributed by atoms with Gasteiger partial charge in [-0.2, -0.15) is 0 Å². The number of amides is 3. The second kappa shape index (κ2) is 8.94. The van der Waals surface area contributed by atoms with Gasteiger partial charge in [-0.3, -0.25) is 4.79 Å². The Labute approximate surface area is 185 Å². The molecule has 7 nitrogen and oxygen atoms in total. The first-order valence-electron chi connectivity index (χ1n) is 9.34. The normalized spacial score (nSPS) is 15.7. The van der Waals surface area contributed by atoms with Crippen LogP contribution in [0.1, 0.15) is 33.7 Å². The van der Waals surface area contributed by atoms with Crippen molar-refractivity contribution in [3.8, 4) is 0 Å². The van der Waals surface area contributed by atoms with E-state index in [9.17, 15) is 18.4 Å². The van der Waals surface area contributed by atoms with E-state index in [4.69, 9.17) is 11.6 Å². The van der Waals surface area contributed by atoms with Gasteiger partial charge in [-0.25, -0.2) is 13.6 Å². The first-order chi connectivity index (χ1) is 14.9. The van der Waals surface area contributed by atoms with Crippen LogP contribution in [0.3, 0.4) is 0 Å². The largest absolute Gasteiger partial charge is 0.322 e. The lowest BCUT2D eigenvalue weighted by molar-refractivity contribution is 0.102. The number of anilines is 2. The number of likely N-dealkylation sites (tertiary alicyclic amines) is 1. The summed E-state index contributed by atoms with van der Waals surface area (Å²) in [5, 5.41) is 13.8. The van der Waals surface area contributed by atoms with Crippen LogP contribution in [0.4, 0.5) is 25.0 Å². The number of nitrogens with one attached hydrogen (secondary N) is 2. The van der Waals surface area contributed by atoms with Crippen LogP contribution in [0, 0.1) is 11.6 Å². The maximum absolute atomic E-state index is 13.3. The molecular formula is C20H16ClF2N5O2S. The van der Waals surface area contributed by atoms with E-state index in [0.29, 0.717) is 29.3 Å². The summed E-state index contributed by atoms with van der Waals surface area (Å²) in [6, 6.07) is 8.73. The zero-order chi connectivity index (χ0) is 22.0. The Bertz CT molecular complexity index is 1140. The molecule has 1 saturated heterocycles. The van der Waals surface area contributed by atoms with Crippen LogP contribution in [-0.4, -0.2) is 33.6 Å². The van der Waals surface area contributed by atoms with Crippen molar-refractivity contribution in [3.05, 3.63) is 69.1 Å². The molecule has 3 aromatic rings. The highest BCUT2D eigenvalue weighted by atomic mass is 35.5. The van der Waals surface area contributed by atoms with E-state index >= 15 is 0 Å². The Morgan fingerprint density at radius 3 is 2.68 bits per heavy atom. The van der Waals surface area contributed by atoms with Crippen LogP contribution >= 0.6 is 22.9 Å². The Morgan fingerprint density at radius 2 is 1.90 bits per heavy atom. The lowest BCUT2D eigenvalue weighted by Gasteiger charge is -2.23. The molecule has 0 radical (unpaired) electrons. The molecule has 0 spiro atoms. The Hall–Kier alpha value is -3.11. The monoisotopic (exact) mass is 463 g/mol. The first kappa shape index (κ1) is 21.1. The van der Waals surface area contributed by atoms with E-state index in [1.165, 1.54) is 36.4 Å². The summed E-state index contributed by atoms with van der Waals surface area (Å²) >= 11 is 6.84. The van der Waals surface area contributed by atoms with E-state index in [1.807, 2.05) is 0 Å². The number of rotatable bonds is 4. The minimum Gasteiger partial charge on any atom is -0.320 e. The average Bonchev–Trinajstić information content (AvgIpc) is 3.40. The molecule has 1 fully saturated rings. The molecule has 0 aliphatic carbocycles. The summed E-state index contributed by atoms with van der Waals surface area (Å²) in [4.78, 5) is 26.7. The van der Waals surface area contributed by atoms with E-state index < -0.39 is 17.5 Å². The Balaban J connectivity index is 1.45. The molecular weight excluding hydrogens is 448 g/mol. The number of hydrogen-bond acceptors (Lipinski definition) is 5. The second-order valence-corrected chi connectivity index (χ2v) is 8.24. The van der Waals surface area contributed by atoms with Crippen molar-refractivity contribution in [3.63, 3.8) is 0 Å². The summed E-state index contributed by atoms with van der Waals surface area (Å²) in [5.74, 6) is -1.55. The van der Waals surface area contributed by atoms with Crippen LogP contribution in [-0.2, 0) is 0 Å². The van der Waals surface area contributed by atoms with Gasteiger partial charge in [0.05, 0.1) is 11.1 Å². The third-order valence-corrected chi connectivity index (χ3v) is 6.00. The minimum absolute atomic E-state index is 0.0890. The molecule has 0 saturated carbocycles. The topological polar surface area (TPSA) is 87.2 Å². The number of urea groups is 1. The predicted molar refractivity (Wildman–Crippen MR) is 113 cm³/mol. The van der Waals surface area contributed by atoms with Crippen LogP contribution in [0.15, 0.2) is 42.5 Å². The van der Waals surface area contributed by atoms with Gasteiger partial charge in [0.1, 0.15) is 16.6 Å². The maximum Gasteiger partial charge on any atom is 0.322 e. The third-order valence-electron chi connectivity index (χ3n) is 4.69. The zero-order valence-electron chi connectivity index (χ0n) is 15.9. The van der Waals surface area contributed by atoms with Crippen LogP contribution in [0.25, 0.3) is 0 Å². The van der Waals surface area contributed by atoms with Gasteiger partial charge < -0.3 is 15.5 Å². The number of nitrogens with zero attached hydrogens (tertiary/aromatic N) is 3. The third kappa shape index (κ3) is 4.80. The van der Waals surface area contributed by atoms with E-state index in [0.717, 1.165) is 17.8 Å². The van der Waals surface area contributed by atoms with Crippen molar-refractivity contribution in [2.24, 2.45) is 0 Å². The van der Waals surface area contributed by atoms with Gasteiger partial charge >= 0.3 is 6.03 Å². The average molecular weight is 464 g/mol. The Morgan fingerprint density at radius 1 is 1.10 bits per heavy atom. The number of benzene rings is 2. The maximum atomic E-state index is 13.3. The quantitative estimate of drug-likeness (QED) is 0.564. The fraction of sp³-hybridized carbons (Fsp3) is 0.200. The number of hydrogen-bond donors (Lipinski definition) is 2. The van der Waals surface area contributed by atoms with Gasteiger partial charge in [-0.15, -0.1) is 10.2 Å². The van der Waals surface area contributed by atoms with Gasteiger partial charge in [-0.1, -0.05) is 29.0 Å². The van der Waals surface area contributed by atoms with Crippen LogP contribution in [0.2, 0.25) is 5.02 Å². The predicted octanol–water partition coefficient (Wildman–Crippen LogP) is 5.09. The molecule has 160 valence electrons. The van der Waals surface area contributed by atoms with Crippen molar-refractivity contribution in [1.29, 1.82) is 0 Å². The highest BCUT2D eigenvalue weighted by molar-refractivity contribution is 7.13. The van der Waals surface area contributed by atoms with Crippen LogP contribution < -0.4 is 10.6 Å². The molecule has 1 aliphatic rings. The standard InChI is InChI=1S/C20H16ClF2N5O2S/c21-14-10-13(6-7-15(14)23)25-20(30)28-8-2-5-16(28)18-26-27-19(31-18)17(29)24-12-4-1-3-11(22)9-12/h1,3-4,6-7,9-10,16H,2,5,8H2,(H,24,29)(H,25,30)/t16-/m1/s1. The number of carbonyl (C=O) groups excluding carboxylic acids is 2. The van der Waals surface area contributed by atoms with Crippen molar-refractivity contribution in [2.45, 2.75) is 18.9 Å². The molecule has 1 aliphatic heterocycles. The molecule has 1 aromatic heterocycles. The SMILES string of the molecule is O=C(Nc1cccc(F)c1)c1nnc([C@H]2CCCN2C(=O)Nc2ccc(F)c(Cl)c2)s1.